The Morgan fingerprint density at radius 3 is 2.03 bits per heavy atom. The predicted octanol–water partition coefficient (Wildman–Crippen LogP) is 1.43. The van der Waals surface area contributed by atoms with Crippen LogP contribution in [0.25, 0.3) is 0 Å². The molecule has 0 fully saturated rings. The number of nitrogens with zero attached hydrogens (tertiary/aromatic N) is 5. The van der Waals surface area contributed by atoms with Crippen molar-refractivity contribution in [3.8, 4) is 0 Å². The van der Waals surface area contributed by atoms with Gasteiger partial charge < -0.3 is 10.1 Å². The lowest BCUT2D eigenvalue weighted by atomic mass is 10.1. The van der Waals surface area contributed by atoms with E-state index in [1.54, 1.807) is 12.1 Å². The highest BCUT2D eigenvalue weighted by atomic mass is 16.7. The van der Waals surface area contributed by atoms with E-state index in [0.29, 0.717) is 5.06 Å². The highest BCUT2D eigenvalue weighted by Gasteiger charge is 2.42. The number of carbonyl (C=O) groups excluding carboxylic acids is 4. The number of hydroxylamine groups is 2. The van der Waals surface area contributed by atoms with Crippen LogP contribution in [0.3, 0.4) is 0 Å². The molecule has 0 radical (unpaired) electrons. The summed E-state index contributed by atoms with van der Waals surface area (Å²) in [5, 5.41) is 11.8. The third-order valence-corrected chi connectivity index (χ3v) is 5.30. The molecule has 4 rings (SSSR count). The minimum atomic E-state index is -1.22. The van der Waals surface area contributed by atoms with Crippen molar-refractivity contribution < 1.29 is 28.9 Å². The lowest BCUT2D eigenvalue weighted by Crippen LogP contribution is -2.45. The van der Waals surface area contributed by atoms with Crippen molar-refractivity contribution in [1.82, 2.24) is 19.5 Å². The zero-order chi connectivity index (χ0) is 24.6. The van der Waals surface area contributed by atoms with Gasteiger partial charge in [0, 0.05) is 0 Å². The molecule has 0 saturated carbocycles. The van der Waals surface area contributed by atoms with Crippen LogP contribution in [0.2, 0.25) is 0 Å². The molecule has 1 aromatic heterocycles. The molecule has 12 heteroatoms. The fourth-order valence-corrected chi connectivity index (χ4v) is 3.75. The summed E-state index contributed by atoms with van der Waals surface area (Å²) in [5.74, 6) is -3.34. The van der Waals surface area contributed by atoms with E-state index < -0.39 is 47.1 Å². The van der Waals surface area contributed by atoms with Gasteiger partial charge in [-0.2, -0.15) is 0 Å². The molecule has 34 heavy (non-hydrogen) atoms. The van der Waals surface area contributed by atoms with Crippen LogP contribution in [-0.2, 0) is 21.0 Å². The van der Waals surface area contributed by atoms with Crippen LogP contribution in [0.15, 0.2) is 73.1 Å². The van der Waals surface area contributed by atoms with Crippen molar-refractivity contribution >= 4 is 29.6 Å². The molecule has 0 spiro atoms. The summed E-state index contributed by atoms with van der Waals surface area (Å²) in [5.41, 5.74) is 0.316. The summed E-state index contributed by atoms with van der Waals surface area (Å²) < 4.78 is 1.12. The molecule has 0 bridgehead atoms. The molecule has 172 valence electrons. The van der Waals surface area contributed by atoms with Gasteiger partial charge in [0.25, 0.3) is 23.6 Å². The first-order chi connectivity index (χ1) is 16.3. The number of benzene rings is 1. The van der Waals surface area contributed by atoms with Crippen LogP contribution in [0.1, 0.15) is 20.7 Å². The summed E-state index contributed by atoms with van der Waals surface area (Å²) >= 11 is 0. The topological polar surface area (TPSA) is 145 Å². The number of fused-ring (bicyclic) bond motifs is 1. The summed E-state index contributed by atoms with van der Waals surface area (Å²) in [7, 11) is 0. The minimum Gasteiger partial charge on any atom is -0.390 e. The van der Waals surface area contributed by atoms with Crippen LogP contribution in [0.5, 0.6) is 0 Å². The van der Waals surface area contributed by atoms with Crippen molar-refractivity contribution in [2.24, 2.45) is 0 Å². The summed E-state index contributed by atoms with van der Waals surface area (Å²) in [6.45, 7) is 6.33. The van der Waals surface area contributed by atoms with E-state index in [4.69, 9.17) is 4.84 Å². The van der Waals surface area contributed by atoms with E-state index in [-0.39, 0.29) is 28.8 Å². The zero-order valence-corrected chi connectivity index (χ0v) is 17.6. The molecule has 0 aliphatic carbocycles. The van der Waals surface area contributed by atoms with Gasteiger partial charge in [0.1, 0.15) is 25.0 Å². The predicted molar refractivity (Wildman–Crippen MR) is 115 cm³/mol. The highest BCUT2D eigenvalue weighted by Crippen LogP contribution is 2.27. The lowest BCUT2D eigenvalue weighted by Gasteiger charge is -2.25. The van der Waals surface area contributed by atoms with E-state index in [1.807, 2.05) is 0 Å². The Kier molecular flexibility index (Phi) is 5.73. The van der Waals surface area contributed by atoms with Gasteiger partial charge in [0.05, 0.1) is 28.8 Å². The van der Waals surface area contributed by atoms with Gasteiger partial charge >= 0.3 is 5.95 Å². The summed E-state index contributed by atoms with van der Waals surface area (Å²) in [6, 6.07) is 6.21. The van der Waals surface area contributed by atoms with E-state index in [9.17, 15) is 29.3 Å². The third kappa shape index (κ3) is 3.61. The fourth-order valence-electron chi connectivity index (χ4n) is 3.75. The van der Waals surface area contributed by atoms with E-state index in [2.05, 4.69) is 18.1 Å². The maximum atomic E-state index is 12.8. The number of hydrogen-bond acceptors (Lipinski definition) is 8. The summed E-state index contributed by atoms with van der Waals surface area (Å²) in [6.07, 6.45) is 3.63. The largest absolute Gasteiger partial charge is 0.434 e. The first kappa shape index (κ1) is 22.5. The number of hydrogen-bond donors (Lipinski definition) is 0. The average molecular weight is 463 g/mol. The second-order valence-electron chi connectivity index (χ2n) is 7.27. The molecule has 12 nitrogen and oxygen atoms in total. The molecule has 1 atom stereocenters. The highest BCUT2D eigenvalue weighted by molar-refractivity contribution is 6.22. The first-order valence-corrected chi connectivity index (χ1v) is 9.94. The second kappa shape index (κ2) is 8.67. The van der Waals surface area contributed by atoms with Gasteiger partial charge in [0.15, 0.2) is 0 Å². The fraction of sp³-hybridized carbons (Fsp3) is 0.136. The number of imide groups is 2. The van der Waals surface area contributed by atoms with Crippen LogP contribution in [0.4, 0.5) is 5.95 Å². The molecular formula is C22H17N5O7. The van der Waals surface area contributed by atoms with Gasteiger partial charge in [-0.05, 0) is 17.1 Å². The van der Waals surface area contributed by atoms with Gasteiger partial charge in [-0.1, -0.05) is 42.4 Å². The monoisotopic (exact) mass is 463 g/mol. The number of amides is 4. The summed E-state index contributed by atoms with van der Waals surface area (Å²) in [4.78, 5) is 71.8. The van der Waals surface area contributed by atoms with E-state index >= 15 is 0 Å². The van der Waals surface area contributed by atoms with Gasteiger partial charge in [-0.25, -0.2) is 4.57 Å². The molecule has 0 N–H and O–H groups in total. The average Bonchev–Trinajstić information content (AvgIpc) is 3.45. The number of imidazole rings is 1. The van der Waals surface area contributed by atoms with Crippen LogP contribution in [-0.4, -0.2) is 60.7 Å². The Labute approximate surface area is 192 Å². The van der Waals surface area contributed by atoms with Crippen molar-refractivity contribution in [1.29, 1.82) is 0 Å². The van der Waals surface area contributed by atoms with E-state index in [1.165, 1.54) is 36.7 Å². The van der Waals surface area contributed by atoms with Crippen LogP contribution >= 0.6 is 0 Å². The Hall–Kier alpha value is -4.71. The molecule has 2 aromatic rings. The Morgan fingerprint density at radius 2 is 1.53 bits per heavy atom. The maximum Gasteiger partial charge on any atom is 0.434 e. The smallest absolute Gasteiger partial charge is 0.390 e. The number of aromatic nitrogens is 2. The minimum absolute atomic E-state index is 0.0342. The quantitative estimate of drug-likeness (QED) is 0.308. The first-order valence-electron chi connectivity index (χ1n) is 9.94. The Bertz CT molecular complexity index is 1240. The second-order valence-corrected chi connectivity index (χ2v) is 7.27. The zero-order valence-electron chi connectivity index (χ0n) is 17.6. The van der Waals surface area contributed by atoms with Crippen LogP contribution < -0.4 is 0 Å². The molecule has 1 unspecified atom stereocenters. The van der Waals surface area contributed by atoms with Crippen molar-refractivity contribution in [3.05, 3.63) is 94.4 Å². The maximum absolute atomic E-state index is 12.8. The molecule has 3 heterocycles. The normalized spacial score (nSPS) is 16.4. The molecule has 2 aliphatic heterocycles. The van der Waals surface area contributed by atoms with Crippen LogP contribution in [0, 0.1) is 10.1 Å². The van der Waals surface area contributed by atoms with Gasteiger partial charge in [-0.3, -0.25) is 28.9 Å². The Morgan fingerprint density at radius 1 is 0.971 bits per heavy atom. The van der Waals surface area contributed by atoms with E-state index in [0.717, 1.165) is 9.47 Å². The van der Waals surface area contributed by atoms with Gasteiger partial charge in [-0.15, -0.1) is 5.06 Å². The number of carbonyl (C=O) groups is 4. The molecule has 4 amide bonds. The lowest BCUT2D eigenvalue weighted by molar-refractivity contribution is -0.397. The molecular weight excluding hydrogens is 446 g/mol. The van der Waals surface area contributed by atoms with Crippen molar-refractivity contribution in [3.63, 3.8) is 0 Å². The standard InChI is InChI=1S/C22H17N5O7/c1-3-14-15(4-2)21(31)26(20(14)30)34-13(11-24-10-9-23-22(24)27(32)33)12-25-18(28)16-7-5-6-8-17(16)19(25)29/h3-10,13H,1-2,11-12H2. The van der Waals surface area contributed by atoms with Gasteiger partial charge in [0.2, 0.25) is 0 Å². The number of nitro groups is 1. The SMILES string of the molecule is C=CC1=C(C=C)C(=O)N(OC(CN2C(=O)c3ccccc3C2=O)Cn2ccnc2[N+](=O)[O-])C1=O. The third-order valence-electron chi connectivity index (χ3n) is 5.30. The molecule has 2 aliphatic rings. The number of rotatable bonds is 9. The molecule has 1 aromatic carbocycles. The van der Waals surface area contributed by atoms with Crippen molar-refractivity contribution in [2.75, 3.05) is 6.54 Å². The molecule has 0 saturated heterocycles. The van der Waals surface area contributed by atoms with Crippen molar-refractivity contribution in [2.45, 2.75) is 12.6 Å². The Balaban J connectivity index is 1.65.